The third-order valence-corrected chi connectivity index (χ3v) is 6.72. The summed E-state index contributed by atoms with van der Waals surface area (Å²) in [7, 11) is -1.38. The average molecular weight is 608 g/mol. The van der Waals surface area contributed by atoms with Crippen molar-refractivity contribution in [1.29, 1.82) is 5.26 Å². The third-order valence-electron chi connectivity index (χ3n) is 6.18. The van der Waals surface area contributed by atoms with Crippen molar-refractivity contribution in [2.24, 2.45) is 7.05 Å². The van der Waals surface area contributed by atoms with Crippen molar-refractivity contribution in [3.05, 3.63) is 94.3 Å². The van der Waals surface area contributed by atoms with E-state index in [0.29, 0.717) is 11.8 Å². The van der Waals surface area contributed by atoms with E-state index in [4.69, 9.17) is 13.7 Å². The van der Waals surface area contributed by atoms with Gasteiger partial charge in [-0.3, -0.25) is 8.86 Å². The maximum Gasteiger partial charge on any atom is 0.435 e. The Morgan fingerprint density at radius 1 is 1.05 bits per heavy atom. The van der Waals surface area contributed by atoms with Crippen LogP contribution in [0.25, 0.3) is 5.69 Å². The van der Waals surface area contributed by atoms with Gasteiger partial charge in [0.15, 0.2) is 17.5 Å². The predicted octanol–water partition coefficient (Wildman–Crippen LogP) is 4.99. The van der Waals surface area contributed by atoms with Crippen molar-refractivity contribution < 1.29 is 39.6 Å². The van der Waals surface area contributed by atoms with Gasteiger partial charge in [-0.15, -0.1) is 0 Å². The molecule has 4 aromatic rings. The standard InChI is InChI=1S/C27H25F4N5O5S/c1-16(40-15-17-5-8-20(39-3)9-6-17)21-11-18(28)7-10-22(21)36-24(13-25(34-36)27(29,30)31)26(41-42(4,37)38)23-12-19(14-32)33-35(23)2/h5-13,16,26H,15H2,1-4H3/t16-,26?/m1/s1. The quantitative estimate of drug-likeness (QED) is 0.183. The lowest BCUT2D eigenvalue weighted by molar-refractivity contribution is -0.141. The Hall–Kier alpha value is -4.26. The van der Waals surface area contributed by atoms with Gasteiger partial charge < -0.3 is 9.47 Å². The van der Waals surface area contributed by atoms with E-state index in [1.807, 2.05) is 0 Å². The van der Waals surface area contributed by atoms with Gasteiger partial charge in [0.2, 0.25) is 0 Å². The molecule has 2 aromatic carbocycles. The molecule has 222 valence electrons. The summed E-state index contributed by atoms with van der Waals surface area (Å²) in [5.41, 5.74) is -1.03. The summed E-state index contributed by atoms with van der Waals surface area (Å²) in [6.07, 6.45) is -6.78. The summed E-state index contributed by atoms with van der Waals surface area (Å²) < 4.78 is 99.1. The van der Waals surface area contributed by atoms with E-state index in [0.717, 1.165) is 33.3 Å². The molecule has 0 radical (unpaired) electrons. The monoisotopic (exact) mass is 607 g/mol. The maximum absolute atomic E-state index is 14.5. The van der Waals surface area contributed by atoms with Crippen LogP contribution in [0.5, 0.6) is 5.75 Å². The molecule has 0 aliphatic rings. The number of hydrogen-bond acceptors (Lipinski definition) is 8. The minimum absolute atomic E-state index is 0.0195. The number of nitriles is 1. The molecule has 0 fully saturated rings. The maximum atomic E-state index is 14.5. The molecule has 4 rings (SSSR count). The number of ether oxygens (including phenoxy) is 2. The lowest BCUT2D eigenvalue weighted by atomic mass is 10.1. The molecular weight excluding hydrogens is 582 g/mol. The molecule has 0 N–H and O–H groups in total. The minimum atomic E-state index is -4.93. The van der Waals surface area contributed by atoms with E-state index in [1.54, 1.807) is 37.3 Å². The summed E-state index contributed by atoms with van der Waals surface area (Å²) in [5, 5.41) is 16.9. The molecule has 0 aliphatic carbocycles. The molecule has 42 heavy (non-hydrogen) atoms. The van der Waals surface area contributed by atoms with Crippen LogP contribution in [-0.2, 0) is 38.9 Å². The van der Waals surface area contributed by atoms with Crippen molar-refractivity contribution in [3.63, 3.8) is 0 Å². The van der Waals surface area contributed by atoms with Crippen molar-refractivity contribution in [2.45, 2.75) is 31.9 Å². The molecule has 0 bridgehead atoms. The second-order valence-electron chi connectivity index (χ2n) is 9.24. The van der Waals surface area contributed by atoms with Gasteiger partial charge in [-0.2, -0.15) is 37.0 Å². The number of hydrogen-bond donors (Lipinski definition) is 0. The van der Waals surface area contributed by atoms with Gasteiger partial charge >= 0.3 is 6.18 Å². The normalized spacial score (nSPS) is 13.5. The zero-order chi connectivity index (χ0) is 30.8. The highest BCUT2D eigenvalue weighted by Gasteiger charge is 2.38. The van der Waals surface area contributed by atoms with Gasteiger partial charge in [0, 0.05) is 18.7 Å². The highest BCUT2D eigenvalue weighted by Crippen LogP contribution is 2.37. The van der Waals surface area contributed by atoms with E-state index in [-0.39, 0.29) is 34.9 Å². The summed E-state index contributed by atoms with van der Waals surface area (Å²) >= 11 is 0. The van der Waals surface area contributed by atoms with E-state index < -0.39 is 40.0 Å². The number of methoxy groups -OCH3 is 1. The molecule has 0 saturated carbocycles. The smallest absolute Gasteiger partial charge is 0.435 e. The lowest BCUT2D eigenvalue weighted by Crippen LogP contribution is -2.19. The minimum Gasteiger partial charge on any atom is -0.497 e. The molecule has 10 nitrogen and oxygen atoms in total. The Balaban J connectivity index is 1.85. The van der Waals surface area contributed by atoms with Crippen LogP contribution in [0.2, 0.25) is 0 Å². The Bertz CT molecular complexity index is 1730. The summed E-state index contributed by atoms with van der Waals surface area (Å²) in [6.45, 7) is 1.66. The van der Waals surface area contributed by atoms with E-state index >= 15 is 0 Å². The third kappa shape index (κ3) is 6.96. The Morgan fingerprint density at radius 3 is 2.31 bits per heavy atom. The second kappa shape index (κ2) is 11.9. The SMILES string of the molecule is COc1ccc(CO[C@H](C)c2cc(F)ccc2-n2nc(C(F)(F)F)cc2C(OS(C)(=O)=O)c2cc(C#N)nn2C)cc1. The van der Waals surface area contributed by atoms with E-state index in [2.05, 4.69) is 10.2 Å². The van der Waals surface area contributed by atoms with Gasteiger partial charge in [-0.25, -0.2) is 9.07 Å². The topological polar surface area (TPSA) is 121 Å². The second-order valence-corrected chi connectivity index (χ2v) is 10.8. The van der Waals surface area contributed by atoms with Crippen LogP contribution < -0.4 is 4.74 Å². The van der Waals surface area contributed by atoms with Crippen molar-refractivity contribution in [1.82, 2.24) is 19.6 Å². The van der Waals surface area contributed by atoms with Crippen molar-refractivity contribution in [3.8, 4) is 17.5 Å². The first-order valence-electron chi connectivity index (χ1n) is 12.2. The number of rotatable bonds is 10. The first-order chi connectivity index (χ1) is 19.7. The van der Waals surface area contributed by atoms with Crippen molar-refractivity contribution >= 4 is 10.1 Å². The molecule has 15 heteroatoms. The van der Waals surface area contributed by atoms with Crippen LogP contribution in [0, 0.1) is 17.1 Å². The first kappa shape index (κ1) is 30.7. The number of alkyl halides is 3. The molecule has 0 spiro atoms. The van der Waals surface area contributed by atoms with Crippen LogP contribution >= 0.6 is 0 Å². The van der Waals surface area contributed by atoms with Gasteiger partial charge in [0.05, 0.1) is 43.2 Å². The Kier molecular flexibility index (Phi) is 8.71. The molecule has 2 aromatic heterocycles. The lowest BCUT2D eigenvalue weighted by Gasteiger charge is -2.22. The molecule has 1 unspecified atom stereocenters. The van der Waals surface area contributed by atoms with E-state index in [1.165, 1.54) is 26.3 Å². The molecule has 2 atom stereocenters. The number of halogens is 4. The fourth-order valence-corrected chi connectivity index (χ4v) is 4.74. The molecule has 2 heterocycles. The van der Waals surface area contributed by atoms with Gasteiger partial charge in [0.1, 0.15) is 17.6 Å². The number of benzene rings is 2. The first-order valence-corrected chi connectivity index (χ1v) is 14.1. The van der Waals surface area contributed by atoms with E-state index in [9.17, 15) is 31.2 Å². The van der Waals surface area contributed by atoms with Crippen LogP contribution in [-0.4, -0.2) is 41.3 Å². The summed E-state index contributed by atoms with van der Waals surface area (Å²) in [5.74, 6) is -0.0558. The summed E-state index contributed by atoms with van der Waals surface area (Å²) in [4.78, 5) is 0. The van der Waals surface area contributed by atoms with Crippen molar-refractivity contribution in [2.75, 3.05) is 13.4 Å². The largest absolute Gasteiger partial charge is 0.497 e. The molecule has 0 amide bonds. The number of nitrogens with zero attached hydrogens (tertiary/aromatic N) is 5. The van der Waals surface area contributed by atoms with Crippen LogP contribution in [0.3, 0.4) is 0 Å². The predicted molar refractivity (Wildman–Crippen MR) is 140 cm³/mol. The zero-order valence-electron chi connectivity index (χ0n) is 22.8. The number of aryl methyl sites for hydroxylation is 1. The molecule has 0 saturated heterocycles. The highest BCUT2D eigenvalue weighted by molar-refractivity contribution is 7.86. The fraction of sp³-hybridized carbons (Fsp3) is 0.296. The molecule has 0 aliphatic heterocycles. The fourth-order valence-electron chi connectivity index (χ4n) is 4.20. The molecular formula is C27H25F4N5O5S. The number of aromatic nitrogens is 4. The van der Waals surface area contributed by atoms with Gasteiger partial charge in [-0.05, 0) is 48.9 Å². The van der Waals surface area contributed by atoms with Gasteiger partial charge in [0.25, 0.3) is 10.1 Å². The Labute approximate surface area is 238 Å². The van der Waals surface area contributed by atoms with Crippen LogP contribution in [0.1, 0.15) is 53.0 Å². The highest BCUT2D eigenvalue weighted by atomic mass is 32.2. The zero-order valence-corrected chi connectivity index (χ0v) is 23.6. The Morgan fingerprint density at radius 2 is 1.74 bits per heavy atom. The van der Waals surface area contributed by atoms with Crippen LogP contribution in [0.15, 0.2) is 54.6 Å². The van der Waals surface area contributed by atoms with Crippen LogP contribution in [0.4, 0.5) is 17.6 Å². The van der Waals surface area contributed by atoms with Gasteiger partial charge in [-0.1, -0.05) is 12.1 Å². The summed E-state index contributed by atoms with van der Waals surface area (Å²) in [6, 6.07) is 13.9. The average Bonchev–Trinajstić information content (AvgIpc) is 3.54.